The van der Waals surface area contributed by atoms with Crippen LogP contribution in [0.5, 0.6) is 11.5 Å². The molecule has 104 valence electrons. The number of benzene rings is 1. The van der Waals surface area contributed by atoms with Crippen molar-refractivity contribution in [3.8, 4) is 11.5 Å². The Hall–Kier alpha value is -1.71. The molecule has 1 N–H and O–H groups in total. The van der Waals surface area contributed by atoms with Gasteiger partial charge in [0, 0.05) is 6.04 Å². The normalized spacial score (nSPS) is 16.9. The van der Waals surface area contributed by atoms with Gasteiger partial charge in [-0.2, -0.15) is 0 Å². The third kappa shape index (κ3) is 3.88. The molecule has 4 nitrogen and oxygen atoms in total. The summed E-state index contributed by atoms with van der Waals surface area (Å²) in [7, 11) is 1.62. The minimum atomic E-state index is -0.478. The van der Waals surface area contributed by atoms with Crippen LogP contribution in [0.1, 0.15) is 32.6 Å². The van der Waals surface area contributed by atoms with Crippen LogP contribution in [0.3, 0.4) is 0 Å². The Kier molecular flexibility index (Phi) is 4.66. The lowest BCUT2D eigenvalue weighted by molar-refractivity contribution is -0.127. The first kappa shape index (κ1) is 13.7. The molecule has 0 bridgehead atoms. The predicted molar refractivity (Wildman–Crippen MR) is 73.5 cm³/mol. The minimum absolute atomic E-state index is 0.0391. The number of carbonyl (C=O) groups excluding carboxylic acids is 1. The Labute approximate surface area is 114 Å². The highest BCUT2D eigenvalue weighted by Gasteiger charge is 2.21. The summed E-state index contributed by atoms with van der Waals surface area (Å²) in [5.74, 6) is 1.41. The van der Waals surface area contributed by atoms with Gasteiger partial charge in [0.15, 0.2) is 6.10 Å². The standard InChI is InChI=1S/C15H21NO3/c1-11(15(17)16-12-5-3-4-6-12)19-14-9-7-13(18-2)8-10-14/h7-12H,3-6H2,1-2H3,(H,16,17)/t11-/m1/s1. The predicted octanol–water partition coefficient (Wildman–Crippen LogP) is 2.52. The van der Waals surface area contributed by atoms with E-state index in [1.165, 1.54) is 12.8 Å². The number of hydrogen-bond acceptors (Lipinski definition) is 3. The summed E-state index contributed by atoms with van der Waals surface area (Å²) in [5, 5.41) is 3.03. The van der Waals surface area contributed by atoms with Crippen molar-refractivity contribution in [2.24, 2.45) is 0 Å². The fraction of sp³-hybridized carbons (Fsp3) is 0.533. The van der Waals surface area contributed by atoms with E-state index < -0.39 is 6.10 Å². The van der Waals surface area contributed by atoms with E-state index in [-0.39, 0.29) is 5.91 Å². The average Bonchev–Trinajstić information content (AvgIpc) is 2.92. The zero-order chi connectivity index (χ0) is 13.7. The number of ether oxygens (including phenoxy) is 2. The summed E-state index contributed by atoms with van der Waals surface area (Å²) in [5.41, 5.74) is 0. The summed E-state index contributed by atoms with van der Waals surface area (Å²) in [6, 6.07) is 7.57. The van der Waals surface area contributed by atoms with E-state index in [0.29, 0.717) is 11.8 Å². The summed E-state index contributed by atoms with van der Waals surface area (Å²) < 4.78 is 10.7. The van der Waals surface area contributed by atoms with Gasteiger partial charge in [0.05, 0.1) is 7.11 Å². The summed E-state index contributed by atoms with van der Waals surface area (Å²) in [4.78, 5) is 12.0. The molecule has 0 aliphatic heterocycles. The first-order chi connectivity index (χ1) is 9.19. The molecule has 0 unspecified atom stereocenters. The molecule has 0 saturated heterocycles. The van der Waals surface area contributed by atoms with E-state index in [1.807, 2.05) is 12.1 Å². The average molecular weight is 263 g/mol. The molecule has 1 atom stereocenters. The molecule has 1 saturated carbocycles. The highest BCUT2D eigenvalue weighted by atomic mass is 16.5. The molecule has 0 radical (unpaired) electrons. The van der Waals surface area contributed by atoms with Crippen molar-refractivity contribution in [2.45, 2.75) is 44.8 Å². The van der Waals surface area contributed by atoms with Crippen molar-refractivity contribution >= 4 is 5.91 Å². The van der Waals surface area contributed by atoms with E-state index in [9.17, 15) is 4.79 Å². The summed E-state index contributed by atoms with van der Waals surface area (Å²) >= 11 is 0. The van der Waals surface area contributed by atoms with Gasteiger partial charge < -0.3 is 14.8 Å². The number of hydrogen-bond donors (Lipinski definition) is 1. The fourth-order valence-corrected chi connectivity index (χ4v) is 2.30. The molecule has 0 heterocycles. The van der Waals surface area contributed by atoms with E-state index in [1.54, 1.807) is 26.2 Å². The molecule has 1 fully saturated rings. The largest absolute Gasteiger partial charge is 0.497 e. The Balaban J connectivity index is 1.84. The van der Waals surface area contributed by atoms with Gasteiger partial charge in [-0.05, 0) is 44.0 Å². The highest BCUT2D eigenvalue weighted by Crippen LogP contribution is 2.20. The van der Waals surface area contributed by atoms with Crippen molar-refractivity contribution in [1.82, 2.24) is 5.32 Å². The smallest absolute Gasteiger partial charge is 0.260 e. The van der Waals surface area contributed by atoms with Crippen LogP contribution in [-0.4, -0.2) is 25.2 Å². The minimum Gasteiger partial charge on any atom is -0.497 e. The third-order valence-electron chi connectivity index (χ3n) is 3.44. The number of carbonyl (C=O) groups is 1. The molecule has 4 heteroatoms. The monoisotopic (exact) mass is 263 g/mol. The second-order valence-corrected chi connectivity index (χ2v) is 4.93. The Morgan fingerprint density at radius 1 is 1.21 bits per heavy atom. The van der Waals surface area contributed by atoms with Crippen LogP contribution in [0.25, 0.3) is 0 Å². The van der Waals surface area contributed by atoms with Gasteiger partial charge in [-0.3, -0.25) is 4.79 Å². The molecule has 1 aliphatic carbocycles. The zero-order valence-corrected chi connectivity index (χ0v) is 11.5. The molecule has 2 rings (SSSR count). The lowest BCUT2D eigenvalue weighted by Crippen LogP contribution is -2.41. The van der Waals surface area contributed by atoms with Crippen LogP contribution in [-0.2, 0) is 4.79 Å². The van der Waals surface area contributed by atoms with E-state index in [2.05, 4.69) is 5.32 Å². The molecule has 1 aromatic carbocycles. The lowest BCUT2D eigenvalue weighted by Gasteiger charge is -2.18. The van der Waals surface area contributed by atoms with Gasteiger partial charge in [0.1, 0.15) is 11.5 Å². The summed E-state index contributed by atoms with van der Waals surface area (Å²) in [6.45, 7) is 1.77. The maximum Gasteiger partial charge on any atom is 0.260 e. The molecule has 1 amide bonds. The number of rotatable bonds is 5. The van der Waals surface area contributed by atoms with E-state index >= 15 is 0 Å². The third-order valence-corrected chi connectivity index (χ3v) is 3.44. The maximum atomic E-state index is 12.0. The van der Waals surface area contributed by atoms with Crippen molar-refractivity contribution < 1.29 is 14.3 Å². The molecule has 1 aliphatic rings. The van der Waals surface area contributed by atoms with Crippen LogP contribution in [0.15, 0.2) is 24.3 Å². The Morgan fingerprint density at radius 3 is 2.37 bits per heavy atom. The topological polar surface area (TPSA) is 47.6 Å². The van der Waals surface area contributed by atoms with Gasteiger partial charge in [0.25, 0.3) is 5.91 Å². The van der Waals surface area contributed by atoms with E-state index in [0.717, 1.165) is 18.6 Å². The molecule has 0 aromatic heterocycles. The van der Waals surface area contributed by atoms with Gasteiger partial charge in [-0.25, -0.2) is 0 Å². The fourth-order valence-electron chi connectivity index (χ4n) is 2.30. The quantitative estimate of drug-likeness (QED) is 0.888. The second-order valence-electron chi connectivity index (χ2n) is 4.93. The zero-order valence-electron chi connectivity index (χ0n) is 11.5. The molecule has 1 aromatic rings. The lowest BCUT2D eigenvalue weighted by atomic mass is 10.2. The number of nitrogens with one attached hydrogen (secondary N) is 1. The van der Waals surface area contributed by atoms with Crippen LogP contribution in [0, 0.1) is 0 Å². The Bertz CT molecular complexity index is 410. The molecule has 19 heavy (non-hydrogen) atoms. The second kappa shape index (κ2) is 6.45. The van der Waals surface area contributed by atoms with Crippen LogP contribution >= 0.6 is 0 Å². The number of methoxy groups -OCH3 is 1. The van der Waals surface area contributed by atoms with Gasteiger partial charge in [-0.1, -0.05) is 12.8 Å². The van der Waals surface area contributed by atoms with Crippen LogP contribution in [0.4, 0.5) is 0 Å². The van der Waals surface area contributed by atoms with Crippen LogP contribution < -0.4 is 14.8 Å². The Morgan fingerprint density at radius 2 is 1.79 bits per heavy atom. The first-order valence-electron chi connectivity index (χ1n) is 6.80. The first-order valence-corrected chi connectivity index (χ1v) is 6.80. The number of amides is 1. The molecule has 0 spiro atoms. The van der Waals surface area contributed by atoms with Crippen molar-refractivity contribution in [3.63, 3.8) is 0 Å². The van der Waals surface area contributed by atoms with Crippen LogP contribution in [0.2, 0.25) is 0 Å². The summed E-state index contributed by atoms with van der Waals surface area (Å²) in [6.07, 6.45) is 4.10. The molecular weight excluding hydrogens is 242 g/mol. The van der Waals surface area contributed by atoms with Crippen molar-refractivity contribution in [3.05, 3.63) is 24.3 Å². The van der Waals surface area contributed by atoms with E-state index in [4.69, 9.17) is 9.47 Å². The van der Waals surface area contributed by atoms with Gasteiger partial charge in [-0.15, -0.1) is 0 Å². The highest BCUT2D eigenvalue weighted by molar-refractivity contribution is 5.81. The SMILES string of the molecule is COc1ccc(O[C@H](C)C(=O)NC2CCCC2)cc1. The maximum absolute atomic E-state index is 12.0. The van der Waals surface area contributed by atoms with Gasteiger partial charge >= 0.3 is 0 Å². The van der Waals surface area contributed by atoms with Gasteiger partial charge in [0.2, 0.25) is 0 Å². The molecular formula is C15H21NO3. The van der Waals surface area contributed by atoms with Crippen molar-refractivity contribution in [2.75, 3.05) is 7.11 Å². The van der Waals surface area contributed by atoms with Crippen molar-refractivity contribution in [1.29, 1.82) is 0 Å².